The van der Waals surface area contributed by atoms with Crippen molar-refractivity contribution in [3.05, 3.63) is 77.2 Å². The van der Waals surface area contributed by atoms with Crippen LogP contribution in [-0.2, 0) is 16.3 Å². The Bertz CT molecular complexity index is 858. The molecule has 0 saturated carbocycles. The van der Waals surface area contributed by atoms with Crippen LogP contribution in [0.1, 0.15) is 76.7 Å². The molecule has 1 atom stereocenters. The summed E-state index contributed by atoms with van der Waals surface area (Å²) in [5, 5.41) is 12.2. The quantitative estimate of drug-likeness (QED) is 0.306. The summed E-state index contributed by atoms with van der Waals surface area (Å²) in [6.07, 6.45) is 10.6. The zero-order chi connectivity index (χ0) is 22.4. The van der Waals surface area contributed by atoms with Crippen LogP contribution in [0, 0.1) is 0 Å². The first kappa shape index (κ1) is 25.4. The molecule has 0 aliphatic rings. The van der Waals surface area contributed by atoms with E-state index in [9.17, 15) is 13.5 Å². The molecule has 3 nitrogen and oxygen atoms in total. The molecule has 0 heterocycles. The fraction of sp³-hybridized carbons (Fsp3) is 0.481. The average molecular weight is 443 g/mol. The largest absolute Gasteiger partial charge is 0.389 e. The standard InChI is InChI=1S/C27H38O3S/c1-2-3-4-5-6-7-8-13-18-25(23-31(29,30)26-19-14-10-15-20-26)27(28)22-21-24-16-11-9-12-17-24/h9-12,14-17,19-20,23,27-28H,2-8,13,18,21-22H2,1H3/b25-23+. The first-order valence-corrected chi connectivity index (χ1v) is 13.3. The maximum Gasteiger partial charge on any atom is 0.199 e. The summed E-state index contributed by atoms with van der Waals surface area (Å²) < 4.78 is 25.7. The van der Waals surface area contributed by atoms with E-state index in [4.69, 9.17) is 0 Å². The Labute approximate surface area is 189 Å². The number of rotatable bonds is 15. The van der Waals surface area contributed by atoms with Crippen LogP contribution in [0.5, 0.6) is 0 Å². The maximum absolute atomic E-state index is 12.9. The van der Waals surface area contributed by atoms with E-state index in [1.807, 2.05) is 30.3 Å². The van der Waals surface area contributed by atoms with Crippen molar-refractivity contribution in [2.45, 2.75) is 88.6 Å². The molecular weight excluding hydrogens is 404 g/mol. The van der Waals surface area contributed by atoms with Crippen LogP contribution in [0.2, 0.25) is 0 Å². The predicted molar refractivity (Wildman–Crippen MR) is 130 cm³/mol. The number of hydrogen-bond acceptors (Lipinski definition) is 3. The van der Waals surface area contributed by atoms with Gasteiger partial charge in [0.25, 0.3) is 0 Å². The fourth-order valence-corrected chi connectivity index (χ4v) is 5.12. The second-order valence-corrected chi connectivity index (χ2v) is 10.1. The molecule has 1 unspecified atom stereocenters. The maximum atomic E-state index is 12.9. The molecule has 4 heteroatoms. The molecule has 0 amide bonds. The van der Waals surface area contributed by atoms with Crippen molar-refractivity contribution in [1.29, 1.82) is 0 Å². The molecule has 0 spiro atoms. The fourth-order valence-electron chi connectivity index (χ4n) is 3.78. The summed E-state index contributed by atoms with van der Waals surface area (Å²) in [6, 6.07) is 18.5. The molecule has 2 aromatic rings. The highest BCUT2D eigenvalue weighted by atomic mass is 32.2. The van der Waals surface area contributed by atoms with Crippen molar-refractivity contribution in [2.75, 3.05) is 0 Å². The van der Waals surface area contributed by atoms with Crippen molar-refractivity contribution in [3.8, 4) is 0 Å². The van der Waals surface area contributed by atoms with Crippen molar-refractivity contribution < 1.29 is 13.5 Å². The summed E-state index contributed by atoms with van der Waals surface area (Å²) in [5.41, 5.74) is 1.78. The van der Waals surface area contributed by atoms with Gasteiger partial charge in [0.1, 0.15) is 0 Å². The number of sulfone groups is 1. The second kappa shape index (κ2) is 14.2. The molecular formula is C27H38O3S. The Balaban J connectivity index is 1.99. The Kier molecular flexibility index (Phi) is 11.6. The van der Waals surface area contributed by atoms with Gasteiger partial charge in [-0.2, -0.15) is 0 Å². The lowest BCUT2D eigenvalue weighted by atomic mass is 9.98. The molecule has 0 bridgehead atoms. The number of unbranched alkanes of at least 4 members (excludes halogenated alkanes) is 7. The lowest BCUT2D eigenvalue weighted by molar-refractivity contribution is 0.196. The molecule has 0 aliphatic heterocycles. The normalized spacial score (nSPS) is 13.3. The van der Waals surface area contributed by atoms with Crippen LogP contribution >= 0.6 is 0 Å². The summed E-state index contributed by atoms with van der Waals surface area (Å²) in [5.74, 6) is 0. The van der Waals surface area contributed by atoms with Crippen molar-refractivity contribution >= 4 is 9.84 Å². The van der Waals surface area contributed by atoms with Gasteiger partial charge in [0.2, 0.25) is 0 Å². The molecule has 0 radical (unpaired) electrons. The van der Waals surface area contributed by atoms with Crippen molar-refractivity contribution in [3.63, 3.8) is 0 Å². The van der Waals surface area contributed by atoms with E-state index >= 15 is 0 Å². The third-order valence-corrected chi connectivity index (χ3v) is 7.22. The van der Waals surface area contributed by atoms with Crippen LogP contribution in [0.3, 0.4) is 0 Å². The second-order valence-electron chi connectivity index (χ2n) is 8.32. The highest BCUT2D eigenvalue weighted by Crippen LogP contribution is 2.22. The topological polar surface area (TPSA) is 54.4 Å². The van der Waals surface area contributed by atoms with Gasteiger partial charge in [-0.25, -0.2) is 8.42 Å². The molecule has 0 saturated heterocycles. The van der Waals surface area contributed by atoms with Gasteiger partial charge in [-0.15, -0.1) is 0 Å². The lowest BCUT2D eigenvalue weighted by Crippen LogP contribution is -2.14. The van der Waals surface area contributed by atoms with E-state index in [1.54, 1.807) is 30.3 Å². The van der Waals surface area contributed by atoms with Crippen LogP contribution < -0.4 is 0 Å². The van der Waals surface area contributed by atoms with Gasteiger partial charge < -0.3 is 5.11 Å². The number of aliphatic hydroxyl groups excluding tert-OH is 1. The first-order valence-electron chi connectivity index (χ1n) is 11.8. The van der Waals surface area contributed by atoms with Gasteiger partial charge in [0, 0.05) is 5.41 Å². The zero-order valence-corrected chi connectivity index (χ0v) is 19.7. The number of hydrogen-bond donors (Lipinski definition) is 1. The van der Waals surface area contributed by atoms with Crippen molar-refractivity contribution in [1.82, 2.24) is 0 Å². The van der Waals surface area contributed by atoms with Gasteiger partial charge in [0.05, 0.1) is 11.0 Å². The number of aliphatic hydroxyl groups is 1. The van der Waals surface area contributed by atoms with Gasteiger partial charge in [-0.1, -0.05) is 100 Å². The zero-order valence-electron chi connectivity index (χ0n) is 18.9. The van der Waals surface area contributed by atoms with E-state index < -0.39 is 15.9 Å². The minimum atomic E-state index is -3.57. The highest BCUT2D eigenvalue weighted by Gasteiger charge is 2.17. The van der Waals surface area contributed by atoms with E-state index in [1.165, 1.54) is 43.9 Å². The minimum absolute atomic E-state index is 0.277. The van der Waals surface area contributed by atoms with Gasteiger partial charge in [-0.05, 0) is 49.0 Å². The molecule has 0 aromatic heterocycles. The molecule has 1 N–H and O–H groups in total. The van der Waals surface area contributed by atoms with Crippen LogP contribution in [0.15, 0.2) is 76.5 Å². The molecule has 2 rings (SSSR count). The van der Waals surface area contributed by atoms with E-state index in [0.29, 0.717) is 18.4 Å². The SMILES string of the molecule is CCCCCCCCCC/C(=C\S(=O)(=O)c1ccccc1)C(O)CCc1ccccc1. The van der Waals surface area contributed by atoms with Gasteiger partial charge in [0.15, 0.2) is 9.84 Å². The van der Waals surface area contributed by atoms with Crippen LogP contribution in [0.4, 0.5) is 0 Å². The molecule has 2 aromatic carbocycles. The summed E-state index contributed by atoms with van der Waals surface area (Å²) >= 11 is 0. The van der Waals surface area contributed by atoms with Gasteiger partial charge in [-0.3, -0.25) is 0 Å². The Hall–Kier alpha value is -1.91. The minimum Gasteiger partial charge on any atom is -0.389 e. The summed E-state index contributed by atoms with van der Waals surface area (Å²) in [6.45, 7) is 2.22. The molecule has 0 fully saturated rings. The molecule has 31 heavy (non-hydrogen) atoms. The third-order valence-electron chi connectivity index (χ3n) is 5.67. The Morgan fingerprint density at radius 2 is 1.39 bits per heavy atom. The number of aryl methyl sites for hydroxylation is 1. The van der Waals surface area contributed by atoms with Crippen LogP contribution in [0.25, 0.3) is 0 Å². The summed E-state index contributed by atoms with van der Waals surface area (Å²) in [7, 11) is -3.57. The smallest absolute Gasteiger partial charge is 0.199 e. The predicted octanol–water partition coefficient (Wildman–Crippen LogP) is 6.87. The highest BCUT2D eigenvalue weighted by molar-refractivity contribution is 7.94. The Morgan fingerprint density at radius 1 is 0.839 bits per heavy atom. The van der Waals surface area contributed by atoms with Crippen LogP contribution in [-0.4, -0.2) is 19.6 Å². The van der Waals surface area contributed by atoms with E-state index in [-0.39, 0.29) is 4.90 Å². The first-order chi connectivity index (χ1) is 15.0. The monoisotopic (exact) mass is 442 g/mol. The van der Waals surface area contributed by atoms with Crippen molar-refractivity contribution in [2.24, 2.45) is 0 Å². The lowest BCUT2D eigenvalue weighted by Gasteiger charge is -2.16. The Morgan fingerprint density at radius 3 is 2.00 bits per heavy atom. The van der Waals surface area contributed by atoms with E-state index in [2.05, 4.69) is 6.92 Å². The van der Waals surface area contributed by atoms with E-state index in [0.717, 1.165) is 24.8 Å². The average Bonchev–Trinajstić information content (AvgIpc) is 2.79. The molecule has 0 aliphatic carbocycles. The van der Waals surface area contributed by atoms with Gasteiger partial charge >= 0.3 is 0 Å². The number of benzene rings is 2. The molecule has 170 valence electrons. The summed E-state index contributed by atoms with van der Waals surface area (Å²) in [4.78, 5) is 0.277. The third kappa shape index (κ3) is 9.84.